The fourth-order valence-corrected chi connectivity index (χ4v) is 8.93. The van der Waals surface area contributed by atoms with Crippen LogP contribution in [0.4, 0.5) is 0 Å². The monoisotopic (exact) mass is 974 g/mol. The van der Waals surface area contributed by atoms with Gasteiger partial charge in [0.05, 0.1) is 0 Å². The maximum Gasteiger partial charge on any atom is 0.324 e. The fraction of sp³-hybridized carbons (Fsp3) is 1.00. The molecule has 0 spiro atoms. The first-order valence-corrected chi connectivity index (χ1v) is 31.6. The lowest BCUT2D eigenvalue weighted by atomic mass is 10.0. The third kappa shape index (κ3) is 92.9. The van der Waals surface area contributed by atoms with Crippen molar-refractivity contribution in [2.45, 2.75) is 329 Å². The summed E-state index contributed by atoms with van der Waals surface area (Å²) in [5, 5.41) is 0. The van der Waals surface area contributed by atoms with Crippen molar-refractivity contribution < 1.29 is 14.7 Å². The predicted octanol–water partition coefficient (Wildman–Crippen LogP) is 19.6. The highest BCUT2D eigenvalue weighted by atomic mass is 31.2. The lowest BCUT2D eigenvalue weighted by molar-refractivity contribution is 0.368. The first kappa shape index (κ1) is 73.7. The van der Waals surface area contributed by atoms with Crippen molar-refractivity contribution in [2.75, 3.05) is 61.9 Å². The zero-order valence-corrected chi connectivity index (χ0v) is 49.1. The molecular formula is C60H132N3O3P. The summed E-state index contributed by atoms with van der Waals surface area (Å²) in [6.45, 7) is 10.7. The maximum absolute atomic E-state index is 7.23. The first-order chi connectivity index (χ1) is 32.5. The number of unbranched alkanes of at least 4 members (excludes halogenated alkanes) is 45. The van der Waals surface area contributed by atoms with Crippen LogP contribution in [-0.2, 0) is 0 Å². The highest BCUT2D eigenvalue weighted by Gasteiger charge is 1.99. The Morgan fingerprint density at radius 3 is 0.373 bits per heavy atom. The van der Waals surface area contributed by atoms with E-state index < -0.39 is 8.60 Å². The highest BCUT2D eigenvalue weighted by molar-refractivity contribution is 7.38. The van der Waals surface area contributed by atoms with Crippen molar-refractivity contribution in [1.82, 2.24) is 14.7 Å². The minimum absolute atomic E-state index is 1.26. The van der Waals surface area contributed by atoms with Gasteiger partial charge in [0.2, 0.25) is 0 Å². The molecule has 0 saturated heterocycles. The second kappa shape index (κ2) is 70.4. The maximum atomic E-state index is 7.23. The third-order valence-corrected chi connectivity index (χ3v) is 13.4. The zero-order chi connectivity index (χ0) is 50.4. The molecule has 0 aromatic heterocycles. The molecule has 6 nitrogen and oxygen atoms in total. The van der Waals surface area contributed by atoms with Crippen molar-refractivity contribution in [3.8, 4) is 0 Å². The molecule has 7 heteroatoms. The molecule has 0 aromatic rings. The van der Waals surface area contributed by atoms with Gasteiger partial charge in [0, 0.05) is 0 Å². The van der Waals surface area contributed by atoms with Gasteiger partial charge in [-0.2, -0.15) is 0 Å². The van der Waals surface area contributed by atoms with Gasteiger partial charge in [-0.05, 0) is 81.2 Å². The largest absolute Gasteiger partial charge is 0.328 e. The van der Waals surface area contributed by atoms with Gasteiger partial charge in [0.1, 0.15) is 0 Å². The molecule has 0 atom stereocenters. The van der Waals surface area contributed by atoms with Gasteiger partial charge < -0.3 is 29.4 Å². The standard InChI is InChI=1S/3C20H43N.H3O3P/c3*1-4-5-6-7-8-9-10-11-12-13-14-15-16-17-18-19-20-21(2)3;1-4(2)3/h3*4-20H2,1-3H3;1-3H. The molecule has 0 fully saturated rings. The number of hydrogen-bond donors (Lipinski definition) is 3. The average molecular weight is 975 g/mol. The molecular weight excluding hydrogens is 842 g/mol. The van der Waals surface area contributed by atoms with Gasteiger partial charge in [-0.1, -0.05) is 310 Å². The van der Waals surface area contributed by atoms with E-state index in [0.29, 0.717) is 0 Å². The summed E-state index contributed by atoms with van der Waals surface area (Å²) >= 11 is 0. The van der Waals surface area contributed by atoms with E-state index in [0.717, 1.165) is 0 Å². The topological polar surface area (TPSA) is 70.4 Å². The third-order valence-electron chi connectivity index (χ3n) is 13.4. The Labute approximate surface area is 427 Å². The molecule has 0 aromatic carbocycles. The van der Waals surface area contributed by atoms with Gasteiger partial charge >= 0.3 is 8.60 Å². The Morgan fingerprint density at radius 2 is 0.284 bits per heavy atom. The van der Waals surface area contributed by atoms with Crippen LogP contribution in [0.15, 0.2) is 0 Å². The normalized spacial score (nSPS) is 11.3. The Morgan fingerprint density at radius 1 is 0.194 bits per heavy atom. The van der Waals surface area contributed by atoms with Crippen LogP contribution in [0.3, 0.4) is 0 Å². The molecule has 0 heterocycles. The summed E-state index contributed by atoms with van der Waals surface area (Å²) in [5.74, 6) is 0. The van der Waals surface area contributed by atoms with Crippen LogP contribution in [0.5, 0.6) is 0 Å². The molecule has 0 bridgehead atoms. The van der Waals surface area contributed by atoms with Gasteiger partial charge in [-0.15, -0.1) is 0 Å². The molecule has 3 N–H and O–H groups in total. The Bertz CT molecular complexity index is 690. The number of hydrogen-bond acceptors (Lipinski definition) is 6. The minimum atomic E-state index is -2.62. The van der Waals surface area contributed by atoms with Crippen LogP contribution < -0.4 is 0 Å². The Hall–Kier alpha value is 0.190. The van der Waals surface area contributed by atoms with E-state index in [1.165, 1.54) is 328 Å². The summed E-state index contributed by atoms with van der Waals surface area (Å²) in [5.41, 5.74) is 0. The van der Waals surface area contributed by atoms with Crippen molar-refractivity contribution in [3.05, 3.63) is 0 Å². The molecule has 0 aliphatic heterocycles. The smallest absolute Gasteiger partial charge is 0.324 e. The average Bonchev–Trinajstić information content (AvgIpc) is 3.28. The highest BCUT2D eigenvalue weighted by Crippen LogP contribution is 2.17. The molecule has 0 aliphatic rings. The summed E-state index contributed by atoms with van der Waals surface area (Å²) in [6, 6.07) is 0. The van der Waals surface area contributed by atoms with E-state index in [1.54, 1.807) is 0 Å². The molecule has 67 heavy (non-hydrogen) atoms. The van der Waals surface area contributed by atoms with E-state index in [9.17, 15) is 0 Å². The molecule has 0 saturated carbocycles. The van der Waals surface area contributed by atoms with E-state index in [4.69, 9.17) is 14.7 Å². The van der Waals surface area contributed by atoms with Crippen LogP contribution in [0.1, 0.15) is 329 Å². The lowest BCUT2D eigenvalue weighted by Crippen LogP contribution is -2.12. The summed E-state index contributed by atoms with van der Waals surface area (Å²) < 4.78 is 0. The van der Waals surface area contributed by atoms with Crippen molar-refractivity contribution >= 4 is 8.60 Å². The molecule has 0 unspecified atom stereocenters. The number of nitrogens with zero attached hydrogens (tertiary/aromatic N) is 3. The Kier molecular flexibility index (Phi) is 77.5. The quantitative estimate of drug-likeness (QED) is 0.0417. The summed E-state index contributed by atoms with van der Waals surface area (Å²) in [7, 11) is 10.4. The van der Waals surface area contributed by atoms with Crippen LogP contribution in [0.25, 0.3) is 0 Å². The molecule has 0 aliphatic carbocycles. The lowest BCUT2D eigenvalue weighted by Gasteiger charge is -2.08. The van der Waals surface area contributed by atoms with Gasteiger partial charge in [0.15, 0.2) is 0 Å². The molecule has 0 amide bonds. The van der Waals surface area contributed by atoms with E-state index in [2.05, 4.69) is 77.8 Å². The SMILES string of the molecule is CCCCCCCCCCCCCCCCCCN(C)C.CCCCCCCCCCCCCCCCCCN(C)C.CCCCCCCCCCCCCCCCCCN(C)C.OP(O)O. The molecule has 0 radical (unpaired) electrons. The zero-order valence-electron chi connectivity index (χ0n) is 48.2. The van der Waals surface area contributed by atoms with E-state index in [1.807, 2.05) is 0 Å². The molecule has 410 valence electrons. The van der Waals surface area contributed by atoms with Crippen molar-refractivity contribution in [2.24, 2.45) is 0 Å². The van der Waals surface area contributed by atoms with Gasteiger partial charge in [-0.25, -0.2) is 0 Å². The van der Waals surface area contributed by atoms with Gasteiger partial charge in [0.25, 0.3) is 0 Å². The second-order valence-corrected chi connectivity index (χ2v) is 22.1. The summed E-state index contributed by atoms with van der Waals surface area (Å²) in [6.07, 6.45) is 69.9. The second-order valence-electron chi connectivity index (χ2n) is 21.6. The molecule has 0 rings (SSSR count). The van der Waals surface area contributed by atoms with Crippen LogP contribution >= 0.6 is 8.60 Å². The first-order valence-electron chi connectivity index (χ1n) is 30.4. The van der Waals surface area contributed by atoms with Crippen LogP contribution in [0.2, 0.25) is 0 Å². The number of rotatable bonds is 51. The Balaban J connectivity index is -0.000000426. The van der Waals surface area contributed by atoms with Crippen molar-refractivity contribution in [3.63, 3.8) is 0 Å². The summed E-state index contributed by atoms with van der Waals surface area (Å²) in [4.78, 5) is 28.6. The van der Waals surface area contributed by atoms with E-state index in [-0.39, 0.29) is 0 Å². The van der Waals surface area contributed by atoms with Gasteiger partial charge in [-0.3, -0.25) is 0 Å². The van der Waals surface area contributed by atoms with Crippen LogP contribution in [0, 0.1) is 0 Å². The van der Waals surface area contributed by atoms with Crippen molar-refractivity contribution in [1.29, 1.82) is 0 Å². The van der Waals surface area contributed by atoms with E-state index >= 15 is 0 Å². The minimum Gasteiger partial charge on any atom is -0.328 e. The predicted molar refractivity (Wildman–Crippen MR) is 308 cm³/mol. The fourth-order valence-electron chi connectivity index (χ4n) is 8.93. The van der Waals surface area contributed by atoms with Crippen LogP contribution in [-0.4, -0.2) is 91.3 Å².